The van der Waals surface area contributed by atoms with Crippen molar-refractivity contribution in [3.8, 4) is 0 Å². The number of halogens is 1. The van der Waals surface area contributed by atoms with E-state index in [1.165, 1.54) is 4.68 Å². The maximum absolute atomic E-state index is 12.0. The van der Waals surface area contributed by atoms with Crippen molar-refractivity contribution < 1.29 is 9.84 Å². The third kappa shape index (κ3) is 5.08. The zero-order valence-electron chi connectivity index (χ0n) is 11.9. The van der Waals surface area contributed by atoms with E-state index in [9.17, 15) is 9.90 Å². The molecule has 1 rings (SSSR count). The van der Waals surface area contributed by atoms with Crippen LogP contribution in [0.2, 0.25) is 0 Å². The van der Waals surface area contributed by atoms with Gasteiger partial charge in [-0.15, -0.1) is 0 Å². The van der Waals surface area contributed by atoms with Crippen molar-refractivity contribution in [3.63, 3.8) is 0 Å². The molecule has 0 amide bonds. The van der Waals surface area contributed by atoms with Crippen molar-refractivity contribution in [1.29, 1.82) is 0 Å². The molecule has 0 bridgehead atoms. The Hall–Kier alpha value is -0.570. The average molecular weight is 366 g/mol. The van der Waals surface area contributed by atoms with Gasteiger partial charge >= 0.3 is 0 Å². The molecule has 0 aliphatic heterocycles. The Morgan fingerprint density at radius 2 is 2.35 bits per heavy atom. The fourth-order valence-corrected chi connectivity index (χ4v) is 2.74. The first kappa shape index (κ1) is 17.5. The summed E-state index contributed by atoms with van der Waals surface area (Å²) in [4.78, 5) is 12.0. The van der Waals surface area contributed by atoms with Crippen molar-refractivity contribution in [2.24, 2.45) is 0 Å². The van der Waals surface area contributed by atoms with Gasteiger partial charge in [-0.05, 0) is 29.1 Å². The van der Waals surface area contributed by atoms with Crippen LogP contribution in [0.4, 0.5) is 5.69 Å². The van der Waals surface area contributed by atoms with E-state index in [-0.39, 0.29) is 5.56 Å². The van der Waals surface area contributed by atoms with Crippen molar-refractivity contribution in [2.75, 3.05) is 37.6 Å². The van der Waals surface area contributed by atoms with E-state index in [1.807, 2.05) is 6.26 Å². The summed E-state index contributed by atoms with van der Waals surface area (Å²) >= 11 is 4.83. The number of aliphatic hydroxyl groups is 1. The summed E-state index contributed by atoms with van der Waals surface area (Å²) < 4.78 is 6.66. The minimum atomic E-state index is -0.843. The van der Waals surface area contributed by atoms with E-state index in [4.69, 9.17) is 4.74 Å². The molecular formula is C12H20BrN3O3S. The minimum Gasteiger partial charge on any atom is -0.387 e. The number of thioether (sulfide) groups is 1. The molecule has 0 radical (unpaired) electrons. The van der Waals surface area contributed by atoms with Gasteiger partial charge < -0.3 is 15.2 Å². The van der Waals surface area contributed by atoms with E-state index in [0.717, 1.165) is 0 Å². The quantitative estimate of drug-likeness (QED) is 0.720. The average Bonchev–Trinajstić information content (AvgIpc) is 2.39. The predicted molar refractivity (Wildman–Crippen MR) is 85.6 cm³/mol. The maximum Gasteiger partial charge on any atom is 0.283 e. The van der Waals surface area contributed by atoms with Crippen LogP contribution in [-0.4, -0.2) is 52.8 Å². The SMILES string of the molecule is COCCn1ncc(NCC(C)(O)CSC)c(Br)c1=O. The van der Waals surface area contributed by atoms with Crippen LogP contribution in [0.3, 0.4) is 0 Å². The summed E-state index contributed by atoms with van der Waals surface area (Å²) in [6.07, 6.45) is 3.50. The molecule has 8 heteroatoms. The summed E-state index contributed by atoms with van der Waals surface area (Å²) in [6, 6.07) is 0. The van der Waals surface area contributed by atoms with Crippen LogP contribution in [-0.2, 0) is 11.3 Å². The number of hydrogen-bond donors (Lipinski definition) is 2. The molecule has 0 aromatic carbocycles. The van der Waals surface area contributed by atoms with E-state index in [1.54, 1.807) is 32.0 Å². The Morgan fingerprint density at radius 1 is 1.65 bits per heavy atom. The van der Waals surface area contributed by atoms with Crippen molar-refractivity contribution >= 4 is 33.4 Å². The molecule has 6 nitrogen and oxygen atoms in total. The summed E-state index contributed by atoms with van der Waals surface area (Å²) in [7, 11) is 1.57. The lowest BCUT2D eigenvalue weighted by molar-refractivity contribution is 0.0997. The number of anilines is 1. The van der Waals surface area contributed by atoms with Crippen LogP contribution in [0.5, 0.6) is 0 Å². The fraction of sp³-hybridized carbons (Fsp3) is 0.667. The Balaban J connectivity index is 2.78. The highest BCUT2D eigenvalue weighted by molar-refractivity contribution is 9.10. The van der Waals surface area contributed by atoms with Crippen molar-refractivity contribution in [3.05, 3.63) is 21.0 Å². The smallest absolute Gasteiger partial charge is 0.283 e. The summed E-state index contributed by atoms with van der Waals surface area (Å²) in [5, 5.41) is 17.2. The standard InChI is InChI=1S/C12H20BrN3O3S/c1-12(18,8-20-3)7-14-9-6-15-16(4-5-19-2)11(17)10(9)13/h6,14,18H,4-5,7-8H2,1-3H3. The number of methoxy groups -OCH3 is 1. The van der Waals surface area contributed by atoms with E-state index in [2.05, 4.69) is 26.3 Å². The number of hydrogen-bond acceptors (Lipinski definition) is 6. The van der Waals surface area contributed by atoms with Gasteiger partial charge in [0, 0.05) is 19.4 Å². The molecule has 114 valence electrons. The molecule has 0 saturated heterocycles. The van der Waals surface area contributed by atoms with Crippen LogP contribution >= 0.6 is 27.7 Å². The van der Waals surface area contributed by atoms with Crippen molar-refractivity contribution in [1.82, 2.24) is 9.78 Å². The largest absolute Gasteiger partial charge is 0.387 e. The predicted octanol–water partition coefficient (Wildman–Crippen LogP) is 1.18. The summed E-state index contributed by atoms with van der Waals surface area (Å²) in [5.41, 5.74) is -0.495. The number of nitrogens with zero attached hydrogens (tertiary/aromatic N) is 2. The molecule has 2 N–H and O–H groups in total. The van der Waals surface area contributed by atoms with E-state index >= 15 is 0 Å². The first-order chi connectivity index (χ1) is 9.41. The highest BCUT2D eigenvalue weighted by atomic mass is 79.9. The molecule has 1 heterocycles. The second-order valence-corrected chi connectivity index (χ2v) is 6.34. The normalized spacial score (nSPS) is 14.1. The van der Waals surface area contributed by atoms with Crippen LogP contribution < -0.4 is 10.9 Å². The number of nitrogens with one attached hydrogen (secondary N) is 1. The lowest BCUT2D eigenvalue weighted by atomic mass is 10.1. The van der Waals surface area contributed by atoms with Gasteiger partial charge in [-0.2, -0.15) is 16.9 Å². The van der Waals surface area contributed by atoms with Gasteiger partial charge in [0.05, 0.1) is 30.6 Å². The highest BCUT2D eigenvalue weighted by Gasteiger charge is 2.20. The van der Waals surface area contributed by atoms with E-state index in [0.29, 0.717) is 35.6 Å². The molecule has 0 spiro atoms. The molecule has 0 aliphatic carbocycles. The van der Waals surface area contributed by atoms with Gasteiger partial charge in [0.1, 0.15) is 4.47 Å². The van der Waals surface area contributed by atoms with Gasteiger partial charge in [-0.3, -0.25) is 4.79 Å². The van der Waals surface area contributed by atoms with E-state index < -0.39 is 5.60 Å². The first-order valence-corrected chi connectivity index (χ1v) is 8.29. The summed E-state index contributed by atoms with van der Waals surface area (Å²) in [5.74, 6) is 0.607. The third-order valence-corrected chi connectivity index (χ3v) is 4.28. The zero-order chi connectivity index (χ0) is 15.2. The molecule has 20 heavy (non-hydrogen) atoms. The third-order valence-electron chi connectivity index (χ3n) is 2.61. The highest BCUT2D eigenvalue weighted by Crippen LogP contribution is 2.18. The minimum absolute atomic E-state index is 0.225. The van der Waals surface area contributed by atoms with Crippen LogP contribution in [0.25, 0.3) is 0 Å². The number of ether oxygens (including phenoxy) is 1. The Kier molecular flexibility index (Phi) is 7.01. The number of aromatic nitrogens is 2. The second kappa shape index (κ2) is 8.02. The molecule has 1 atom stereocenters. The van der Waals surface area contributed by atoms with Gasteiger partial charge in [0.15, 0.2) is 0 Å². The van der Waals surface area contributed by atoms with Crippen LogP contribution in [0, 0.1) is 0 Å². The lowest BCUT2D eigenvalue weighted by Gasteiger charge is -2.23. The van der Waals surface area contributed by atoms with Gasteiger partial charge in [0.25, 0.3) is 5.56 Å². The molecular weight excluding hydrogens is 346 g/mol. The van der Waals surface area contributed by atoms with Crippen LogP contribution in [0.1, 0.15) is 6.92 Å². The van der Waals surface area contributed by atoms with Gasteiger partial charge in [-0.25, -0.2) is 4.68 Å². The molecule has 0 aliphatic rings. The maximum atomic E-state index is 12.0. The molecule has 1 unspecified atom stereocenters. The molecule has 0 fully saturated rings. The van der Waals surface area contributed by atoms with Crippen molar-refractivity contribution in [2.45, 2.75) is 19.1 Å². The number of rotatable bonds is 8. The van der Waals surface area contributed by atoms with Crippen LogP contribution in [0.15, 0.2) is 15.5 Å². The zero-order valence-corrected chi connectivity index (χ0v) is 14.3. The van der Waals surface area contributed by atoms with Gasteiger partial charge in [-0.1, -0.05) is 0 Å². The van der Waals surface area contributed by atoms with Gasteiger partial charge in [0.2, 0.25) is 0 Å². The first-order valence-electron chi connectivity index (χ1n) is 6.11. The Bertz CT molecular complexity index is 493. The topological polar surface area (TPSA) is 76.4 Å². The molecule has 0 saturated carbocycles. The fourth-order valence-electron chi connectivity index (χ4n) is 1.57. The second-order valence-electron chi connectivity index (χ2n) is 4.68. The Morgan fingerprint density at radius 3 is 2.95 bits per heavy atom. The Labute approximate surface area is 131 Å². The lowest BCUT2D eigenvalue weighted by Crippen LogP contribution is -2.36. The monoisotopic (exact) mass is 365 g/mol. The summed E-state index contributed by atoms with van der Waals surface area (Å²) in [6.45, 7) is 2.92. The molecule has 1 aromatic heterocycles. The molecule has 1 aromatic rings.